The van der Waals surface area contributed by atoms with Crippen molar-refractivity contribution < 1.29 is 5.11 Å². The highest BCUT2D eigenvalue weighted by atomic mass is 16.3. The smallest absolute Gasteiger partial charge is 0.0767 e. The molecule has 1 unspecified atom stereocenters. The maximum atomic E-state index is 10.1. The summed E-state index contributed by atoms with van der Waals surface area (Å²) in [5.74, 6) is 0.916. The largest absolute Gasteiger partial charge is 0.389 e. The molecule has 0 aromatic heterocycles. The Balaban J connectivity index is 2.12. The van der Waals surface area contributed by atoms with Crippen LogP contribution in [0.25, 0.3) is 0 Å². The highest BCUT2D eigenvalue weighted by Crippen LogP contribution is 2.25. The lowest BCUT2D eigenvalue weighted by atomic mass is 9.95. The molecule has 0 saturated heterocycles. The summed E-state index contributed by atoms with van der Waals surface area (Å²) in [5, 5.41) is 10.1. The quantitative estimate of drug-likeness (QED) is 0.684. The van der Waals surface area contributed by atoms with Gasteiger partial charge in [0.2, 0.25) is 0 Å². The Morgan fingerprint density at radius 2 is 2.00 bits per heavy atom. The third-order valence-electron chi connectivity index (χ3n) is 4.26. The Labute approximate surface area is 106 Å². The molecule has 102 valence electrons. The van der Waals surface area contributed by atoms with Crippen molar-refractivity contribution in [3.63, 3.8) is 0 Å². The van der Waals surface area contributed by atoms with Gasteiger partial charge in [-0.1, -0.05) is 19.8 Å². The summed E-state index contributed by atoms with van der Waals surface area (Å²) in [5.41, 5.74) is 4.97. The zero-order valence-corrected chi connectivity index (χ0v) is 11.6. The highest BCUT2D eigenvalue weighted by Gasteiger charge is 2.22. The Kier molecular flexibility index (Phi) is 6.45. The number of hydrogen-bond acceptors (Lipinski definition) is 3. The van der Waals surface area contributed by atoms with Gasteiger partial charge in [0.05, 0.1) is 5.60 Å². The van der Waals surface area contributed by atoms with Crippen molar-refractivity contribution in [1.29, 1.82) is 0 Å². The van der Waals surface area contributed by atoms with Crippen molar-refractivity contribution in [2.45, 2.75) is 57.5 Å². The van der Waals surface area contributed by atoms with Crippen molar-refractivity contribution in [3.05, 3.63) is 0 Å². The van der Waals surface area contributed by atoms with Crippen LogP contribution in [0.15, 0.2) is 0 Å². The van der Waals surface area contributed by atoms with E-state index in [9.17, 15) is 5.11 Å². The van der Waals surface area contributed by atoms with Crippen LogP contribution in [0, 0.1) is 5.92 Å². The molecule has 0 bridgehead atoms. The maximum absolute atomic E-state index is 10.1. The molecule has 1 aliphatic rings. The molecule has 17 heavy (non-hydrogen) atoms. The van der Waals surface area contributed by atoms with Gasteiger partial charge in [0.25, 0.3) is 0 Å². The average Bonchev–Trinajstić information content (AvgIpc) is 2.81. The minimum absolute atomic E-state index is 0.385. The number of nitrogens with two attached hydrogens (primary N) is 1. The van der Waals surface area contributed by atoms with E-state index >= 15 is 0 Å². The molecule has 0 heterocycles. The molecule has 1 fully saturated rings. The Morgan fingerprint density at radius 3 is 2.53 bits per heavy atom. The van der Waals surface area contributed by atoms with E-state index in [0.29, 0.717) is 6.54 Å². The van der Waals surface area contributed by atoms with Gasteiger partial charge in [0, 0.05) is 13.1 Å². The second-order valence-electron chi connectivity index (χ2n) is 5.80. The van der Waals surface area contributed by atoms with Crippen molar-refractivity contribution >= 4 is 0 Å². The van der Waals surface area contributed by atoms with Crippen LogP contribution in [0.3, 0.4) is 0 Å². The predicted molar refractivity (Wildman–Crippen MR) is 73.0 cm³/mol. The van der Waals surface area contributed by atoms with Crippen molar-refractivity contribution in [2.75, 3.05) is 26.7 Å². The van der Waals surface area contributed by atoms with Crippen LogP contribution in [0.5, 0.6) is 0 Å². The fourth-order valence-corrected chi connectivity index (χ4v) is 2.83. The minimum Gasteiger partial charge on any atom is -0.389 e. The van der Waals surface area contributed by atoms with Crippen LogP contribution >= 0.6 is 0 Å². The third-order valence-corrected chi connectivity index (χ3v) is 4.26. The van der Waals surface area contributed by atoms with Crippen LogP contribution < -0.4 is 5.73 Å². The first kappa shape index (κ1) is 14.9. The lowest BCUT2D eigenvalue weighted by Gasteiger charge is -2.27. The van der Waals surface area contributed by atoms with E-state index in [1.54, 1.807) is 0 Å². The predicted octanol–water partition coefficient (Wildman–Crippen LogP) is 1.99. The SMILES string of the molecule is CCC(O)(CN)CCCN(C)CC1CCCC1. The van der Waals surface area contributed by atoms with Gasteiger partial charge in [-0.05, 0) is 51.6 Å². The molecule has 3 heteroatoms. The molecule has 1 rings (SSSR count). The van der Waals surface area contributed by atoms with E-state index in [4.69, 9.17) is 5.73 Å². The number of aliphatic hydroxyl groups is 1. The molecule has 0 aromatic carbocycles. The zero-order chi connectivity index (χ0) is 12.7. The second-order valence-corrected chi connectivity index (χ2v) is 5.80. The molecular formula is C14H30N2O. The van der Waals surface area contributed by atoms with Crippen LogP contribution in [0.4, 0.5) is 0 Å². The highest BCUT2D eigenvalue weighted by molar-refractivity contribution is 4.78. The van der Waals surface area contributed by atoms with E-state index in [2.05, 4.69) is 11.9 Å². The van der Waals surface area contributed by atoms with Gasteiger partial charge >= 0.3 is 0 Å². The Morgan fingerprint density at radius 1 is 1.35 bits per heavy atom. The van der Waals surface area contributed by atoms with Gasteiger partial charge in [0.15, 0.2) is 0 Å². The molecule has 0 aromatic rings. The summed E-state index contributed by atoms with van der Waals surface area (Å²) in [6, 6.07) is 0. The van der Waals surface area contributed by atoms with Crippen LogP contribution in [-0.4, -0.2) is 42.3 Å². The molecule has 1 saturated carbocycles. The van der Waals surface area contributed by atoms with E-state index < -0.39 is 5.60 Å². The van der Waals surface area contributed by atoms with Gasteiger partial charge in [-0.2, -0.15) is 0 Å². The molecule has 0 amide bonds. The van der Waals surface area contributed by atoms with Crippen LogP contribution in [-0.2, 0) is 0 Å². The van der Waals surface area contributed by atoms with E-state index in [1.807, 2.05) is 6.92 Å². The molecule has 0 spiro atoms. The van der Waals surface area contributed by atoms with Gasteiger partial charge in [-0.25, -0.2) is 0 Å². The number of rotatable bonds is 8. The molecule has 3 nitrogen and oxygen atoms in total. The van der Waals surface area contributed by atoms with Gasteiger partial charge in [-0.15, -0.1) is 0 Å². The number of nitrogens with zero attached hydrogens (tertiary/aromatic N) is 1. The standard InChI is InChI=1S/C14H30N2O/c1-3-14(17,12-15)9-6-10-16(2)11-13-7-4-5-8-13/h13,17H,3-12,15H2,1-2H3. The first-order chi connectivity index (χ1) is 8.09. The Hall–Kier alpha value is -0.120. The van der Waals surface area contributed by atoms with Gasteiger partial charge < -0.3 is 15.7 Å². The lowest BCUT2D eigenvalue weighted by Crippen LogP contribution is -2.38. The van der Waals surface area contributed by atoms with Crippen molar-refractivity contribution in [2.24, 2.45) is 11.7 Å². The van der Waals surface area contributed by atoms with Gasteiger partial charge in [0.1, 0.15) is 0 Å². The maximum Gasteiger partial charge on any atom is 0.0767 e. The molecule has 3 N–H and O–H groups in total. The first-order valence-electron chi connectivity index (χ1n) is 7.20. The molecule has 0 radical (unpaired) electrons. The van der Waals surface area contributed by atoms with Gasteiger partial charge in [-0.3, -0.25) is 0 Å². The summed E-state index contributed by atoms with van der Waals surface area (Å²) < 4.78 is 0. The summed E-state index contributed by atoms with van der Waals surface area (Å²) in [7, 11) is 2.20. The topological polar surface area (TPSA) is 49.5 Å². The molecule has 0 aliphatic heterocycles. The van der Waals surface area contributed by atoms with Crippen LogP contribution in [0.2, 0.25) is 0 Å². The summed E-state index contributed by atoms with van der Waals surface area (Å²) in [6.07, 6.45) is 8.29. The molecular weight excluding hydrogens is 212 g/mol. The summed E-state index contributed by atoms with van der Waals surface area (Å²) >= 11 is 0. The lowest BCUT2D eigenvalue weighted by molar-refractivity contribution is 0.0320. The second kappa shape index (κ2) is 7.34. The van der Waals surface area contributed by atoms with E-state index in [-0.39, 0.29) is 0 Å². The normalized spacial score (nSPS) is 21.0. The summed E-state index contributed by atoms with van der Waals surface area (Å²) in [4.78, 5) is 2.42. The molecule has 1 aliphatic carbocycles. The fraction of sp³-hybridized carbons (Fsp3) is 1.00. The number of hydrogen-bond donors (Lipinski definition) is 2. The third kappa shape index (κ3) is 5.36. The first-order valence-corrected chi connectivity index (χ1v) is 7.20. The minimum atomic E-state index is -0.631. The van der Waals surface area contributed by atoms with E-state index in [0.717, 1.165) is 31.7 Å². The van der Waals surface area contributed by atoms with E-state index in [1.165, 1.54) is 32.2 Å². The summed E-state index contributed by atoms with van der Waals surface area (Å²) in [6.45, 7) is 4.71. The monoisotopic (exact) mass is 242 g/mol. The average molecular weight is 242 g/mol. The zero-order valence-electron chi connectivity index (χ0n) is 11.6. The van der Waals surface area contributed by atoms with Crippen LogP contribution in [0.1, 0.15) is 51.9 Å². The van der Waals surface area contributed by atoms with Crippen molar-refractivity contribution in [1.82, 2.24) is 4.90 Å². The fourth-order valence-electron chi connectivity index (χ4n) is 2.83. The Bertz CT molecular complexity index is 198. The molecule has 1 atom stereocenters. The van der Waals surface area contributed by atoms with Crippen molar-refractivity contribution in [3.8, 4) is 0 Å².